The molecule has 0 bridgehead atoms. The molecule has 0 aromatic rings. The van der Waals surface area contributed by atoms with Gasteiger partial charge >= 0.3 is 0 Å². The zero-order valence-electron chi connectivity index (χ0n) is 11.3. The van der Waals surface area contributed by atoms with Gasteiger partial charge < -0.3 is 15.4 Å². The summed E-state index contributed by atoms with van der Waals surface area (Å²) in [6, 6.07) is 0.352. The molecule has 1 amide bonds. The van der Waals surface area contributed by atoms with E-state index in [1.165, 1.54) is 6.42 Å². The number of hydrogen-bond acceptors (Lipinski definition) is 3. The minimum atomic E-state index is 0.154. The van der Waals surface area contributed by atoms with Gasteiger partial charge in [0.1, 0.15) is 0 Å². The Hall–Kier alpha value is -0.610. The van der Waals surface area contributed by atoms with Crippen molar-refractivity contribution in [3.8, 4) is 0 Å². The summed E-state index contributed by atoms with van der Waals surface area (Å²) in [4.78, 5) is 14.0. The Morgan fingerprint density at radius 1 is 1.53 bits per heavy atom. The molecule has 17 heavy (non-hydrogen) atoms. The molecule has 0 radical (unpaired) electrons. The number of nitrogens with two attached hydrogens (primary N) is 1. The van der Waals surface area contributed by atoms with Crippen LogP contribution < -0.4 is 5.73 Å². The molecule has 3 atom stereocenters. The highest BCUT2D eigenvalue weighted by atomic mass is 16.5. The Morgan fingerprint density at radius 3 is 2.82 bits per heavy atom. The van der Waals surface area contributed by atoms with Gasteiger partial charge in [-0.05, 0) is 38.6 Å². The molecule has 100 valence electrons. The summed E-state index contributed by atoms with van der Waals surface area (Å²) < 4.78 is 5.16. The van der Waals surface area contributed by atoms with Crippen LogP contribution in [0.25, 0.3) is 0 Å². The zero-order valence-corrected chi connectivity index (χ0v) is 11.3. The normalized spacial score (nSPS) is 25.9. The second-order valence-corrected chi connectivity index (χ2v) is 5.08. The third-order valence-electron chi connectivity index (χ3n) is 3.98. The number of amides is 1. The van der Waals surface area contributed by atoms with Crippen LogP contribution in [0.5, 0.6) is 0 Å². The Balaban J connectivity index is 2.40. The molecule has 1 rings (SSSR count). The minimum absolute atomic E-state index is 0.154. The molecule has 1 fully saturated rings. The third-order valence-corrected chi connectivity index (χ3v) is 3.98. The Labute approximate surface area is 104 Å². The van der Waals surface area contributed by atoms with E-state index in [4.69, 9.17) is 10.5 Å². The lowest BCUT2D eigenvalue weighted by Crippen LogP contribution is -2.41. The lowest BCUT2D eigenvalue weighted by molar-refractivity contribution is -0.133. The van der Waals surface area contributed by atoms with Gasteiger partial charge in [-0.15, -0.1) is 0 Å². The summed E-state index contributed by atoms with van der Waals surface area (Å²) in [6.07, 6.45) is 4.97. The third kappa shape index (κ3) is 3.96. The molecular formula is C13H26N2O2. The van der Waals surface area contributed by atoms with Crippen LogP contribution in [0.2, 0.25) is 0 Å². The molecule has 4 heteroatoms. The molecule has 0 aromatic heterocycles. The van der Waals surface area contributed by atoms with Crippen LogP contribution >= 0.6 is 0 Å². The summed E-state index contributed by atoms with van der Waals surface area (Å²) in [5.41, 5.74) is 5.75. The van der Waals surface area contributed by atoms with E-state index in [2.05, 4.69) is 0 Å². The average Bonchev–Trinajstić information content (AvgIpc) is 2.82. The molecular weight excluding hydrogens is 216 g/mol. The van der Waals surface area contributed by atoms with E-state index < -0.39 is 0 Å². The number of carbonyl (C=O) groups excluding carboxylic acids is 1. The first kappa shape index (κ1) is 14.5. The molecule has 4 nitrogen and oxygen atoms in total. The van der Waals surface area contributed by atoms with Crippen LogP contribution in [0.15, 0.2) is 0 Å². The average molecular weight is 242 g/mol. The number of ether oxygens (including phenoxy) is 1. The van der Waals surface area contributed by atoms with Gasteiger partial charge in [0.2, 0.25) is 5.91 Å². The maximum absolute atomic E-state index is 12.0. The molecule has 1 aliphatic rings. The number of carbonyl (C=O) groups is 1. The number of rotatable bonds is 6. The first-order chi connectivity index (χ1) is 8.10. The summed E-state index contributed by atoms with van der Waals surface area (Å²) in [6.45, 7) is 2.68. The zero-order chi connectivity index (χ0) is 12.8. The Morgan fingerprint density at radius 2 is 2.24 bits per heavy atom. The summed E-state index contributed by atoms with van der Waals surface area (Å²) in [5, 5.41) is 0. The molecule has 0 aromatic carbocycles. The van der Waals surface area contributed by atoms with Gasteiger partial charge in [-0.25, -0.2) is 0 Å². The fourth-order valence-corrected chi connectivity index (χ4v) is 2.61. The summed E-state index contributed by atoms with van der Waals surface area (Å²) in [5.74, 6) is 0.711. The van der Waals surface area contributed by atoms with Gasteiger partial charge in [0.15, 0.2) is 0 Å². The molecule has 0 heterocycles. The van der Waals surface area contributed by atoms with Gasteiger partial charge in [0.05, 0.1) is 6.10 Å². The maximum atomic E-state index is 12.0. The van der Waals surface area contributed by atoms with Gasteiger partial charge in [-0.1, -0.05) is 6.42 Å². The van der Waals surface area contributed by atoms with Crippen molar-refractivity contribution < 1.29 is 9.53 Å². The number of hydrogen-bond donors (Lipinski definition) is 1. The van der Waals surface area contributed by atoms with Crippen LogP contribution in [0, 0.1) is 5.92 Å². The predicted octanol–water partition coefficient (Wildman–Crippen LogP) is 1.39. The topological polar surface area (TPSA) is 55.6 Å². The van der Waals surface area contributed by atoms with Crippen molar-refractivity contribution in [1.29, 1.82) is 0 Å². The molecule has 0 aliphatic heterocycles. The first-order valence-corrected chi connectivity index (χ1v) is 6.58. The quantitative estimate of drug-likeness (QED) is 0.765. The van der Waals surface area contributed by atoms with E-state index in [9.17, 15) is 4.79 Å². The van der Waals surface area contributed by atoms with E-state index >= 15 is 0 Å². The SMILES string of the molecule is COC(C)CCC(=O)N(C)C1CCCC1CN. The second kappa shape index (κ2) is 6.97. The van der Waals surface area contributed by atoms with E-state index in [0.29, 0.717) is 24.9 Å². The van der Waals surface area contributed by atoms with Crippen LogP contribution in [0.1, 0.15) is 39.0 Å². The Bertz CT molecular complexity index is 246. The monoisotopic (exact) mass is 242 g/mol. The van der Waals surface area contributed by atoms with Gasteiger partial charge in [-0.2, -0.15) is 0 Å². The smallest absolute Gasteiger partial charge is 0.222 e. The standard InChI is InChI=1S/C13H26N2O2/c1-10(17-3)7-8-13(16)15(2)12-6-4-5-11(12)9-14/h10-12H,4-9,14H2,1-3H3. The van der Waals surface area contributed by atoms with Crippen LogP contribution in [0.4, 0.5) is 0 Å². The summed E-state index contributed by atoms with van der Waals surface area (Å²) >= 11 is 0. The molecule has 0 spiro atoms. The van der Waals surface area contributed by atoms with Crippen molar-refractivity contribution in [3.63, 3.8) is 0 Å². The first-order valence-electron chi connectivity index (χ1n) is 6.58. The highest BCUT2D eigenvalue weighted by molar-refractivity contribution is 5.76. The van der Waals surface area contributed by atoms with Crippen LogP contribution in [-0.2, 0) is 9.53 Å². The highest BCUT2D eigenvalue weighted by Gasteiger charge is 2.31. The van der Waals surface area contributed by atoms with E-state index in [0.717, 1.165) is 19.3 Å². The van der Waals surface area contributed by atoms with Crippen LogP contribution in [0.3, 0.4) is 0 Å². The largest absolute Gasteiger partial charge is 0.382 e. The fraction of sp³-hybridized carbons (Fsp3) is 0.923. The van der Waals surface area contributed by atoms with Crippen LogP contribution in [-0.4, -0.2) is 43.7 Å². The van der Waals surface area contributed by atoms with Crippen molar-refractivity contribution in [2.24, 2.45) is 11.7 Å². The Kier molecular flexibility index (Phi) is 5.92. The predicted molar refractivity (Wildman–Crippen MR) is 68.7 cm³/mol. The minimum Gasteiger partial charge on any atom is -0.382 e. The van der Waals surface area contributed by atoms with E-state index in [1.54, 1.807) is 7.11 Å². The highest BCUT2D eigenvalue weighted by Crippen LogP contribution is 2.28. The second-order valence-electron chi connectivity index (χ2n) is 5.08. The molecule has 0 saturated heterocycles. The fourth-order valence-electron chi connectivity index (χ4n) is 2.61. The van der Waals surface area contributed by atoms with Crippen molar-refractivity contribution in [2.75, 3.05) is 20.7 Å². The van der Waals surface area contributed by atoms with Gasteiger partial charge in [0, 0.05) is 26.6 Å². The number of nitrogens with zero attached hydrogens (tertiary/aromatic N) is 1. The molecule has 3 unspecified atom stereocenters. The van der Waals surface area contributed by atoms with Crippen molar-refractivity contribution in [1.82, 2.24) is 4.90 Å². The maximum Gasteiger partial charge on any atom is 0.222 e. The lowest BCUT2D eigenvalue weighted by atomic mass is 10.0. The number of methoxy groups -OCH3 is 1. The molecule has 1 aliphatic carbocycles. The van der Waals surface area contributed by atoms with Crippen molar-refractivity contribution in [3.05, 3.63) is 0 Å². The van der Waals surface area contributed by atoms with Gasteiger partial charge in [-0.3, -0.25) is 4.79 Å². The van der Waals surface area contributed by atoms with Crippen molar-refractivity contribution >= 4 is 5.91 Å². The van der Waals surface area contributed by atoms with E-state index in [-0.39, 0.29) is 12.0 Å². The van der Waals surface area contributed by atoms with Gasteiger partial charge in [0.25, 0.3) is 0 Å². The molecule has 2 N–H and O–H groups in total. The molecule has 1 saturated carbocycles. The lowest BCUT2D eigenvalue weighted by Gasteiger charge is -2.29. The summed E-state index contributed by atoms with van der Waals surface area (Å²) in [7, 11) is 3.60. The van der Waals surface area contributed by atoms with Crippen molar-refractivity contribution in [2.45, 2.75) is 51.2 Å². The van der Waals surface area contributed by atoms with E-state index in [1.807, 2.05) is 18.9 Å².